The number of rotatable bonds is 2. The zero-order valence-electron chi connectivity index (χ0n) is 7.50. The number of hydrogen-bond donors (Lipinski definition) is 2. The molecule has 0 atom stereocenters. The first kappa shape index (κ1) is 10.2. The van der Waals surface area contributed by atoms with Gasteiger partial charge in [0.15, 0.2) is 0 Å². The summed E-state index contributed by atoms with van der Waals surface area (Å²) in [4.78, 5) is 23.5. The molecule has 0 spiro atoms. The Labute approximate surface area is 78.1 Å². The molecule has 0 aliphatic rings. The lowest BCUT2D eigenvalue weighted by atomic mass is 10.3. The molecule has 0 saturated heterocycles. The number of nitrogens with one attached hydrogen (secondary N) is 1. The van der Waals surface area contributed by atoms with Crippen LogP contribution in [0.3, 0.4) is 0 Å². The second-order valence-corrected chi connectivity index (χ2v) is 2.94. The van der Waals surface area contributed by atoms with Crippen molar-refractivity contribution in [2.45, 2.75) is 13.5 Å². The third-order valence-corrected chi connectivity index (χ3v) is 1.54. The zero-order chi connectivity index (χ0) is 10.9. The van der Waals surface area contributed by atoms with Crippen LogP contribution < -0.4 is 11.2 Å². The van der Waals surface area contributed by atoms with Crippen LogP contribution in [0.25, 0.3) is 0 Å². The largest absolute Gasteiger partial charge is 0.492 e. The average Bonchev–Trinajstić information content (AvgIpc) is 2.09. The third kappa shape index (κ3) is 1.73. The average molecular weight is 200 g/mol. The maximum Gasteiger partial charge on any atom is 0.331 e. The summed E-state index contributed by atoms with van der Waals surface area (Å²) < 4.78 is 13.5. The standard InChI is InChI=1S/C8H9FN2O3/c1-4(2)3-11-7(13)5(9)6(12)10-8(11)14/h13H,1,3H2,2H3,(H,10,12,14). The van der Waals surface area contributed by atoms with Gasteiger partial charge in [-0.3, -0.25) is 14.3 Å². The summed E-state index contributed by atoms with van der Waals surface area (Å²) >= 11 is 0. The molecular weight excluding hydrogens is 191 g/mol. The number of hydrogen-bond acceptors (Lipinski definition) is 3. The minimum Gasteiger partial charge on any atom is -0.492 e. The molecule has 0 aromatic carbocycles. The van der Waals surface area contributed by atoms with Gasteiger partial charge in [0.1, 0.15) is 0 Å². The number of H-pyrrole nitrogens is 1. The van der Waals surface area contributed by atoms with Crippen molar-refractivity contribution in [2.24, 2.45) is 0 Å². The van der Waals surface area contributed by atoms with E-state index in [2.05, 4.69) is 6.58 Å². The lowest BCUT2D eigenvalue weighted by Crippen LogP contribution is -2.32. The van der Waals surface area contributed by atoms with E-state index < -0.39 is 22.9 Å². The van der Waals surface area contributed by atoms with Crippen molar-refractivity contribution in [3.05, 3.63) is 38.8 Å². The smallest absolute Gasteiger partial charge is 0.331 e. The van der Waals surface area contributed by atoms with Crippen LogP contribution in [-0.2, 0) is 6.54 Å². The Kier molecular flexibility index (Phi) is 2.55. The van der Waals surface area contributed by atoms with E-state index >= 15 is 0 Å². The molecule has 1 rings (SSSR count). The molecule has 6 heteroatoms. The highest BCUT2D eigenvalue weighted by molar-refractivity contribution is 5.11. The van der Waals surface area contributed by atoms with Crippen LogP contribution in [0.5, 0.6) is 5.88 Å². The van der Waals surface area contributed by atoms with Gasteiger partial charge in [-0.05, 0) is 6.92 Å². The highest BCUT2D eigenvalue weighted by atomic mass is 19.1. The van der Waals surface area contributed by atoms with E-state index in [4.69, 9.17) is 5.11 Å². The summed E-state index contributed by atoms with van der Waals surface area (Å²) in [5.41, 5.74) is -1.55. The molecule has 0 bridgehead atoms. The first-order valence-electron chi connectivity index (χ1n) is 3.79. The summed E-state index contributed by atoms with van der Waals surface area (Å²) in [7, 11) is 0. The Hall–Kier alpha value is -1.85. The van der Waals surface area contributed by atoms with Crippen LogP contribution in [0.4, 0.5) is 4.39 Å². The molecule has 0 unspecified atom stereocenters. The predicted molar refractivity (Wildman–Crippen MR) is 47.8 cm³/mol. The van der Waals surface area contributed by atoms with Crippen molar-refractivity contribution in [3.8, 4) is 5.88 Å². The molecule has 5 nitrogen and oxygen atoms in total. The number of halogens is 1. The SMILES string of the molecule is C=C(C)Cn1c(O)c(F)c(=O)[nH]c1=O. The highest BCUT2D eigenvalue weighted by Crippen LogP contribution is 2.08. The van der Waals surface area contributed by atoms with Crippen LogP contribution in [0.1, 0.15) is 6.92 Å². The van der Waals surface area contributed by atoms with E-state index in [1.54, 1.807) is 11.9 Å². The van der Waals surface area contributed by atoms with Gasteiger partial charge in [-0.15, -0.1) is 0 Å². The van der Waals surface area contributed by atoms with Crippen molar-refractivity contribution in [3.63, 3.8) is 0 Å². The van der Waals surface area contributed by atoms with Crippen molar-refractivity contribution < 1.29 is 9.50 Å². The molecule has 1 aromatic heterocycles. The molecule has 0 aliphatic heterocycles. The number of aromatic hydroxyl groups is 1. The van der Waals surface area contributed by atoms with Crippen molar-refractivity contribution in [1.29, 1.82) is 0 Å². The Bertz CT molecular complexity index is 486. The van der Waals surface area contributed by atoms with Gasteiger partial charge in [0.05, 0.1) is 6.54 Å². The van der Waals surface area contributed by atoms with Gasteiger partial charge in [-0.2, -0.15) is 4.39 Å². The fourth-order valence-corrected chi connectivity index (χ4v) is 0.952. The third-order valence-electron chi connectivity index (χ3n) is 1.54. The first-order valence-corrected chi connectivity index (χ1v) is 3.79. The lowest BCUT2D eigenvalue weighted by molar-refractivity contribution is 0.367. The van der Waals surface area contributed by atoms with Gasteiger partial charge in [0.2, 0.25) is 11.7 Å². The monoisotopic (exact) mass is 200 g/mol. The predicted octanol–water partition coefficient (Wildman–Crippen LogP) is -0.0426. The molecule has 0 fully saturated rings. The van der Waals surface area contributed by atoms with E-state index in [0.29, 0.717) is 10.1 Å². The highest BCUT2D eigenvalue weighted by Gasteiger charge is 2.12. The summed E-state index contributed by atoms with van der Waals surface area (Å²) in [6.45, 7) is 5.06. The Morgan fingerprint density at radius 1 is 1.64 bits per heavy atom. The normalized spacial score (nSPS) is 10.1. The van der Waals surface area contributed by atoms with Crippen LogP contribution >= 0.6 is 0 Å². The molecule has 1 aromatic rings. The second-order valence-electron chi connectivity index (χ2n) is 2.94. The fraction of sp³-hybridized carbons (Fsp3) is 0.250. The van der Waals surface area contributed by atoms with Gasteiger partial charge < -0.3 is 5.11 Å². The van der Waals surface area contributed by atoms with Crippen LogP contribution in [0.15, 0.2) is 21.7 Å². The zero-order valence-corrected chi connectivity index (χ0v) is 7.50. The van der Waals surface area contributed by atoms with Gasteiger partial charge in [0, 0.05) is 0 Å². The number of aromatic amines is 1. The summed E-state index contributed by atoms with van der Waals surface area (Å²) in [6, 6.07) is 0. The van der Waals surface area contributed by atoms with Gasteiger partial charge in [-0.1, -0.05) is 12.2 Å². The Morgan fingerprint density at radius 3 is 2.71 bits per heavy atom. The van der Waals surface area contributed by atoms with Crippen LogP contribution in [0.2, 0.25) is 0 Å². The molecule has 0 radical (unpaired) electrons. The molecule has 76 valence electrons. The van der Waals surface area contributed by atoms with E-state index in [1.807, 2.05) is 0 Å². The van der Waals surface area contributed by atoms with Gasteiger partial charge >= 0.3 is 5.69 Å². The number of allylic oxidation sites excluding steroid dienone is 1. The lowest BCUT2D eigenvalue weighted by Gasteiger charge is -2.06. The first-order chi connectivity index (χ1) is 6.43. The van der Waals surface area contributed by atoms with Crippen LogP contribution in [-0.4, -0.2) is 14.7 Å². The summed E-state index contributed by atoms with van der Waals surface area (Å²) in [5, 5.41) is 9.13. The Balaban J connectivity index is 3.44. The molecular formula is C8H9FN2O3. The number of aromatic nitrogens is 2. The molecule has 0 amide bonds. The van der Waals surface area contributed by atoms with Crippen molar-refractivity contribution in [2.75, 3.05) is 0 Å². The minimum atomic E-state index is -1.37. The second kappa shape index (κ2) is 3.49. The maximum atomic E-state index is 12.8. The maximum absolute atomic E-state index is 12.8. The van der Waals surface area contributed by atoms with E-state index in [0.717, 1.165) is 0 Å². The van der Waals surface area contributed by atoms with Crippen LogP contribution in [0, 0.1) is 5.82 Å². The van der Waals surface area contributed by atoms with E-state index in [9.17, 15) is 14.0 Å². The summed E-state index contributed by atoms with van der Waals surface area (Å²) in [5.74, 6) is -2.34. The van der Waals surface area contributed by atoms with E-state index in [-0.39, 0.29) is 6.54 Å². The molecule has 0 saturated carbocycles. The van der Waals surface area contributed by atoms with Crippen molar-refractivity contribution >= 4 is 0 Å². The van der Waals surface area contributed by atoms with E-state index in [1.165, 1.54) is 0 Å². The fourth-order valence-electron chi connectivity index (χ4n) is 0.952. The molecule has 0 aliphatic carbocycles. The minimum absolute atomic E-state index is 0.0433. The summed E-state index contributed by atoms with van der Waals surface area (Å²) in [6.07, 6.45) is 0. The van der Waals surface area contributed by atoms with Gasteiger partial charge in [0.25, 0.3) is 5.56 Å². The topological polar surface area (TPSA) is 75.1 Å². The quantitative estimate of drug-likeness (QED) is 0.657. The Morgan fingerprint density at radius 2 is 2.21 bits per heavy atom. The van der Waals surface area contributed by atoms with Crippen molar-refractivity contribution in [1.82, 2.24) is 9.55 Å². The van der Waals surface area contributed by atoms with Gasteiger partial charge in [-0.25, -0.2) is 4.79 Å². The molecule has 2 N–H and O–H groups in total. The number of nitrogens with zero attached hydrogens (tertiary/aromatic N) is 1. The molecule has 14 heavy (non-hydrogen) atoms. The molecule has 1 heterocycles.